The minimum Gasteiger partial charge on any atom is -0.497 e. The van der Waals surface area contributed by atoms with E-state index in [-0.39, 0.29) is 23.4 Å². The van der Waals surface area contributed by atoms with Crippen LogP contribution in [-0.2, 0) is 22.9 Å². The molecule has 1 unspecified atom stereocenters. The Morgan fingerprint density at radius 3 is 2.62 bits per heavy atom. The van der Waals surface area contributed by atoms with Gasteiger partial charge >= 0.3 is 6.09 Å². The fourth-order valence-corrected chi connectivity index (χ4v) is 4.12. The second-order valence-electron chi connectivity index (χ2n) is 7.44. The van der Waals surface area contributed by atoms with Gasteiger partial charge in [0.05, 0.1) is 43.6 Å². The number of ether oxygens (including phenoxy) is 3. The Labute approximate surface area is 192 Å². The van der Waals surface area contributed by atoms with E-state index >= 15 is 0 Å². The van der Waals surface area contributed by atoms with Crippen molar-refractivity contribution in [3.8, 4) is 17.0 Å². The molecule has 2 heterocycles. The number of anilines is 1. The van der Waals surface area contributed by atoms with Crippen LogP contribution in [0.3, 0.4) is 0 Å². The van der Waals surface area contributed by atoms with Crippen molar-refractivity contribution in [2.24, 2.45) is 7.05 Å². The third-order valence-corrected chi connectivity index (χ3v) is 5.84. The lowest BCUT2D eigenvalue weighted by atomic mass is 10.1. The molecule has 0 radical (unpaired) electrons. The van der Waals surface area contributed by atoms with Crippen molar-refractivity contribution in [2.75, 3.05) is 39.2 Å². The first kappa shape index (κ1) is 23.9. The number of carbonyl (C=O) groups excluding carboxylic acids is 1. The van der Waals surface area contributed by atoms with Crippen LogP contribution in [0.5, 0.6) is 5.75 Å². The lowest BCUT2D eigenvalue weighted by molar-refractivity contribution is 0.0613. The maximum atomic E-state index is 13.2. The fourth-order valence-electron chi connectivity index (χ4n) is 3.86. The van der Waals surface area contributed by atoms with Crippen molar-refractivity contribution in [1.29, 1.82) is 0 Å². The van der Waals surface area contributed by atoms with Gasteiger partial charge in [-0.2, -0.15) is 0 Å². The molecule has 32 heavy (non-hydrogen) atoms. The van der Waals surface area contributed by atoms with Crippen LogP contribution in [0, 0.1) is 0 Å². The quantitative estimate of drug-likeness (QED) is 0.673. The Kier molecular flexibility index (Phi) is 7.63. The van der Waals surface area contributed by atoms with Crippen molar-refractivity contribution >= 4 is 23.5 Å². The van der Waals surface area contributed by atoms with Crippen molar-refractivity contribution < 1.29 is 19.0 Å². The molecule has 1 saturated heterocycles. The molecule has 1 fully saturated rings. The second-order valence-corrected chi connectivity index (χ2v) is 7.85. The maximum absolute atomic E-state index is 13.2. The summed E-state index contributed by atoms with van der Waals surface area (Å²) in [5, 5.41) is 3.78. The topological polar surface area (TPSA) is 94.9 Å². The van der Waals surface area contributed by atoms with E-state index in [1.165, 1.54) is 11.7 Å². The predicted octanol–water partition coefficient (Wildman–Crippen LogP) is 2.94. The van der Waals surface area contributed by atoms with Crippen LogP contribution in [-0.4, -0.2) is 66.6 Å². The average molecular weight is 465 g/mol. The molecule has 174 valence electrons. The number of hydrogen-bond donors (Lipinski definition) is 1. The largest absolute Gasteiger partial charge is 0.497 e. The van der Waals surface area contributed by atoms with Gasteiger partial charge in [-0.05, 0) is 31.5 Å². The zero-order valence-electron chi connectivity index (χ0n) is 19.0. The number of benzene rings is 1. The Hall–Kier alpha value is -2.78. The van der Waals surface area contributed by atoms with Crippen LogP contribution in [0.1, 0.15) is 19.5 Å². The average Bonchev–Trinajstić information content (AvgIpc) is 3.19. The molecule has 0 bridgehead atoms. The Balaban J connectivity index is 1.98. The summed E-state index contributed by atoms with van der Waals surface area (Å²) in [6, 6.07) is 4.91. The lowest BCUT2D eigenvalue weighted by Crippen LogP contribution is -2.37. The van der Waals surface area contributed by atoms with Crippen LogP contribution in [0.25, 0.3) is 11.3 Å². The van der Waals surface area contributed by atoms with E-state index in [4.69, 9.17) is 25.8 Å². The van der Waals surface area contributed by atoms with Crippen LogP contribution in [0.15, 0.2) is 23.0 Å². The summed E-state index contributed by atoms with van der Waals surface area (Å²) >= 11 is 6.40. The van der Waals surface area contributed by atoms with Gasteiger partial charge in [-0.15, -0.1) is 0 Å². The number of aromatic nitrogens is 2. The third kappa shape index (κ3) is 4.68. The van der Waals surface area contributed by atoms with E-state index < -0.39 is 6.09 Å². The number of methoxy groups -OCH3 is 2. The van der Waals surface area contributed by atoms with Crippen LogP contribution in [0.2, 0.25) is 5.02 Å². The number of aryl methyl sites for hydroxylation is 1. The number of likely N-dealkylation sites (tertiary alicyclic amines) is 1. The molecule has 0 saturated carbocycles. The van der Waals surface area contributed by atoms with Gasteiger partial charge in [0, 0.05) is 25.8 Å². The summed E-state index contributed by atoms with van der Waals surface area (Å²) in [5.41, 5.74) is 1.24. The van der Waals surface area contributed by atoms with Gasteiger partial charge in [0.25, 0.3) is 5.56 Å². The van der Waals surface area contributed by atoms with Crippen LogP contribution in [0.4, 0.5) is 10.6 Å². The summed E-state index contributed by atoms with van der Waals surface area (Å²) in [6.45, 7) is 5.17. The molecule has 3 rings (SSSR count). The van der Waals surface area contributed by atoms with Crippen molar-refractivity contribution in [3.05, 3.63) is 39.3 Å². The Morgan fingerprint density at radius 2 is 2.03 bits per heavy atom. The molecule has 0 aliphatic carbocycles. The van der Waals surface area contributed by atoms with E-state index in [1.54, 1.807) is 37.3 Å². The highest BCUT2D eigenvalue weighted by Crippen LogP contribution is 2.30. The van der Waals surface area contributed by atoms with Gasteiger partial charge in [0.15, 0.2) is 0 Å². The molecule has 10 heteroatoms. The highest BCUT2D eigenvalue weighted by atomic mass is 35.5. The minimum atomic E-state index is -0.411. The molecule has 1 aliphatic heterocycles. The molecule has 1 N–H and O–H groups in total. The number of rotatable bonds is 7. The van der Waals surface area contributed by atoms with Gasteiger partial charge in [-0.25, -0.2) is 9.78 Å². The highest BCUT2D eigenvalue weighted by molar-refractivity contribution is 6.33. The van der Waals surface area contributed by atoms with Crippen LogP contribution >= 0.6 is 11.6 Å². The smallest absolute Gasteiger partial charge is 0.409 e. The predicted molar refractivity (Wildman–Crippen MR) is 123 cm³/mol. The summed E-state index contributed by atoms with van der Waals surface area (Å²) in [5.74, 6) is 1.19. The first-order valence-corrected chi connectivity index (χ1v) is 10.9. The van der Waals surface area contributed by atoms with Gasteiger partial charge in [-0.1, -0.05) is 18.5 Å². The summed E-state index contributed by atoms with van der Waals surface area (Å²) in [6.07, 6.45) is -0.0647. The molecule has 1 amide bonds. The highest BCUT2D eigenvalue weighted by Gasteiger charge is 2.37. The monoisotopic (exact) mass is 464 g/mol. The van der Waals surface area contributed by atoms with Crippen LogP contribution < -0.4 is 15.6 Å². The number of halogens is 1. The van der Waals surface area contributed by atoms with Crippen molar-refractivity contribution in [2.45, 2.75) is 32.4 Å². The van der Waals surface area contributed by atoms with E-state index in [1.807, 2.05) is 13.8 Å². The molecule has 2 atom stereocenters. The molecule has 1 aromatic heterocycles. The second kappa shape index (κ2) is 10.2. The number of nitrogens with one attached hydrogen (secondary N) is 1. The minimum absolute atomic E-state index is 0.220. The fraction of sp³-hybridized carbons (Fsp3) is 0.500. The van der Waals surface area contributed by atoms with Crippen molar-refractivity contribution in [3.63, 3.8) is 0 Å². The van der Waals surface area contributed by atoms with Gasteiger partial charge in [0.2, 0.25) is 0 Å². The summed E-state index contributed by atoms with van der Waals surface area (Å²) in [4.78, 5) is 31.5. The molecule has 2 aromatic rings. The first-order valence-electron chi connectivity index (χ1n) is 10.5. The zero-order chi connectivity index (χ0) is 23.4. The Bertz CT molecular complexity index is 1040. The zero-order valence-corrected chi connectivity index (χ0v) is 19.7. The summed E-state index contributed by atoms with van der Waals surface area (Å²) in [7, 11) is 4.60. The van der Waals surface area contributed by atoms with Crippen molar-refractivity contribution in [1.82, 2.24) is 14.5 Å². The number of amides is 1. The van der Waals surface area contributed by atoms with Gasteiger partial charge < -0.3 is 24.4 Å². The van der Waals surface area contributed by atoms with E-state index in [9.17, 15) is 9.59 Å². The molecular weight excluding hydrogens is 436 g/mol. The van der Waals surface area contributed by atoms with E-state index in [2.05, 4.69) is 10.3 Å². The molecular formula is C22H29ClN4O5. The lowest BCUT2D eigenvalue weighted by Gasteiger charge is -2.24. The van der Waals surface area contributed by atoms with E-state index in [0.29, 0.717) is 54.0 Å². The SMILES string of the molecule is CCO[C@H]1CN(C(=O)OC)CC1Nc1c(CC)nc(-c2ccc(OC)cc2Cl)c(=O)n1C. The standard InChI is InChI=1S/C22H29ClN4O5/c1-6-16-20(25-17-11-27(22(29)31-5)12-18(17)32-7-2)26(3)21(28)19(24-16)14-9-8-13(30-4)10-15(14)23/h8-10,17-18,25H,6-7,11-12H2,1-5H3/t17?,18-/m0/s1. The number of hydrogen-bond acceptors (Lipinski definition) is 7. The van der Waals surface area contributed by atoms with Gasteiger partial charge in [0.1, 0.15) is 17.3 Å². The number of nitrogens with zero attached hydrogens (tertiary/aromatic N) is 3. The summed E-state index contributed by atoms with van der Waals surface area (Å²) < 4.78 is 17.4. The molecule has 9 nitrogen and oxygen atoms in total. The molecule has 1 aromatic carbocycles. The third-order valence-electron chi connectivity index (χ3n) is 5.53. The Morgan fingerprint density at radius 1 is 1.28 bits per heavy atom. The van der Waals surface area contributed by atoms with Gasteiger partial charge in [-0.3, -0.25) is 9.36 Å². The molecule has 0 spiro atoms. The normalized spacial score (nSPS) is 18.0. The van der Waals surface area contributed by atoms with E-state index in [0.717, 1.165) is 0 Å². The molecule has 1 aliphatic rings. The number of carbonyl (C=O) groups is 1. The maximum Gasteiger partial charge on any atom is 0.409 e. The first-order chi connectivity index (χ1) is 15.3.